The maximum absolute atomic E-state index is 14.1. The van der Waals surface area contributed by atoms with Crippen LogP contribution in [0.3, 0.4) is 0 Å². The molecule has 4 heterocycles. The molecule has 1 aliphatic carbocycles. The summed E-state index contributed by atoms with van der Waals surface area (Å²) in [6.45, 7) is 13.9. The van der Waals surface area contributed by atoms with E-state index in [0.717, 1.165) is 12.0 Å². The van der Waals surface area contributed by atoms with E-state index in [1.807, 2.05) is 39.0 Å². The SMILES string of the molecule is C/C=C(\C)[C@H]1O[C@@]2(C[C@@H]3C[C@@H](C/C=C(/C)C[C@@H](C)/C=C\C=C4\[C@@H](C)O[C@H]5[C@H](O)C(C)=C[C@@H](C(=O)O3)[C@]45O)O2)[C@H](O)C[C@@H]1C. The van der Waals surface area contributed by atoms with E-state index in [4.69, 9.17) is 18.9 Å². The lowest BCUT2D eigenvalue weighted by Crippen LogP contribution is -2.62. The molecular weight excluding hydrogens is 548 g/mol. The molecule has 0 amide bonds. The second-order valence-electron chi connectivity index (χ2n) is 13.7. The number of fused-ring (bicyclic) bond motifs is 2. The summed E-state index contributed by atoms with van der Waals surface area (Å²) in [5, 5.41) is 34.7. The predicted molar refractivity (Wildman–Crippen MR) is 163 cm³/mol. The first-order valence-electron chi connectivity index (χ1n) is 15.9. The molecule has 0 unspecified atom stereocenters. The molecule has 1 spiro atoms. The lowest BCUT2D eigenvalue weighted by Gasteiger charge is -2.52. The van der Waals surface area contributed by atoms with Crippen molar-refractivity contribution in [3.05, 3.63) is 58.7 Å². The Balaban J connectivity index is 1.55. The Hall–Kier alpha value is -2.07. The fraction of sp³-hybridized carbons (Fsp3) is 0.686. The number of carbonyl (C=O) groups is 1. The molecule has 12 atom stereocenters. The molecule has 8 heteroatoms. The molecular formula is C35H50O8. The van der Waals surface area contributed by atoms with E-state index in [1.165, 1.54) is 5.57 Å². The molecule has 0 aromatic carbocycles. The first-order chi connectivity index (χ1) is 20.3. The zero-order valence-electron chi connectivity index (χ0n) is 26.7. The van der Waals surface area contributed by atoms with Crippen molar-refractivity contribution in [1.29, 1.82) is 0 Å². The van der Waals surface area contributed by atoms with Gasteiger partial charge in [-0.25, -0.2) is 0 Å². The molecule has 3 saturated heterocycles. The van der Waals surface area contributed by atoms with Crippen LogP contribution in [0.1, 0.15) is 80.6 Å². The first-order valence-corrected chi connectivity index (χ1v) is 15.9. The van der Waals surface area contributed by atoms with Gasteiger partial charge in [-0.05, 0) is 82.4 Å². The Bertz CT molecular complexity index is 1230. The topological polar surface area (TPSA) is 115 Å². The van der Waals surface area contributed by atoms with E-state index in [9.17, 15) is 20.1 Å². The van der Waals surface area contributed by atoms with Crippen molar-refractivity contribution in [3.63, 3.8) is 0 Å². The average molecular weight is 599 g/mol. The number of allylic oxidation sites excluding steroid dienone is 5. The summed E-state index contributed by atoms with van der Waals surface area (Å²) in [4.78, 5) is 14.1. The first kappa shape index (κ1) is 32.3. The molecule has 2 bridgehead atoms. The number of hydrogen-bond acceptors (Lipinski definition) is 8. The Morgan fingerprint density at radius 1 is 1.09 bits per heavy atom. The second-order valence-corrected chi connectivity index (χ2v) is 13.7. The van der Waals surface area contributed by atoms with E-state index in [-0.39, 0.29) is 30.5 Å². The van der Waals surface area contributed by atoms with Crippen molar-refractivity contribution in [2.24, 2.45) is 17.8 Å². The van der Waals surface area contributed by atoms with Gasteiger partial charge in [0.25, 0.3) is 0 Å². The number of aliphatic hydroxyl groups excluding tert-OH is 2. The molecule has 0 aromatic heterocycles. The van der Waals surface area contributed by atoms with Crippen molar-refractivity contribution in [3.8, 4) is 0 Å². The number of ether oxygens (including phenoxy) is 4. The number of rotatable bonds is 1. The number of hydrogen-bond donors (Lipinski definition) is 3. The molecule has 5 aliphatic rings. The maximum atomic E-state index is 14.1. The van der Waals surface area contributed by atoms with E-state index in [2.05, 4.69) is 32.9 Å². The van der Waals surface area contributed by atoms with Crippen LogP contribution in [0.25, 0.3) is 0 Å². The number of carbonyl (C=O) groups excluding carboxylic acids is 1. The lowest BCUT2D eigenvalue weighted by atomic mass is 9.70. The van der Waals surface area contributed by atoms with Crippen LogP contribution in [0.5, 0.6) is 0 Å². The minimum Gasteiger partial charge on any atom is -0.462 e. The molecule has 0 aromatic rings. The predicted octanol–water partition coefficient (Wildman–Crippen LogP) is 4.84. The van der Waals surface area contributed by atoms with Gasteiger partial charge in [-0.3, -0.25) is 4.79 Å². The van der Waals surface area contributed by atoms with Crippen molar-refractivity contribution in [2.75, 3.05) is 0 Å². The average Bonchev–Trinajstić information content (AvgIpc) is 3.21. The fourth-order valence-electron chi connectivity index (χ4n) is 7.75. The molecule has 238 valence electrons. The third-order valence-electron chi connectivity index (χ3n) is 10.2. The minimum atomic E-state index is -1.78. The van der Waals surface area contributed by atoms with E-state index in [0.29, 0.717) is 30.4 Å². The van der Waals surface area contributed by atoms with Crippen LogP contribution in [-0.2, 0) is 23.7 Å². The minimum absolute atomic E-state index is 0.0894. The van der Waals surface area contributed by atoms with Gasteiger partial charge in [0.2, 0.25) is 0 Å². The lowest BCUT2D eigenvalue weighted by molar-refractivity contribution is -0.363. The molecule has 3 fully saturated rings. The molecule has 0 saturated carbocycles. The Morgan fingerprint density at radius 3 is 2.56 bits per heavy atom. The monoisotopic (exact) mass is 598 g/mol. The zero-order chi connectivity index (χ0) is 31.3. The summed E-state index contributed by atoms with van der Waals surface area (Å²) in [5.74, 6) is -2.69. The molecule has 4 aliphatic heterocycles. The van der Waals surface area contributed by atoms with Crippen LogP contribution >= 0.6 is 0 Å². The smallest absolute Gasteiger partial charge is 0.316 e. The third-order valence-corrected chi connectivity index (χ3v) is 10.2. The van der Waals surface area contributed by atoms with Gasteiger partial charge in [-0.1, -0.05) is 55.9 Å². The standard InChI is InChI=1S/C35H50O8/c1-8-21(4)31-23(6)16-29(36)34(43-31)18-26-17-25(42-34)13-12-20(3)14-19(2)10-9-11-27-24(7)40-32-30(37)22(5)15-28(33(38)41-26)35(27,32)39/h8-12,15,19,23-26,28-32,36-37,39H,13-14,16-18H2,1-7H3/b10-9-,20-12-,21-8+,27-11-/t19-,23-,24+,25+,26-,28-,29+,30+,31+,32-,34-,35+/m0/s1. The highest BCUT2D eigenvalue weighted by Gasteiger charge is 2.62. The van der Waals surface area contributed by atoms with Crippen molar-refractivity contribution in [2.45, 2.75) is 135 Å². The van der Waals surface area contributed by atoms with Crippen molar-refractivity contribution >= 4 is 5.97 Å². The number of aliphatic hydroxyl groups is 3. The fourth-order valence-corrected chi connectivity index (χ4v) is 7.75. The van der Waals surface area contributed by atoms with E-state index < -0.39 is 53.8 Å². The molecule has 5 rings (SSSR count). The maximum Gasteiger partial charge on any atom is 0.316 e. The molecule has 43 heavy (non-hydrogen) atoms. The van der Waals surface area contributed by atoms with Crippen LogP contribution in [0.15, 0.2) is 58.7 Å². The highest BCUT2D eigenvalue weighted by Crippen LogP contribution is 2.49. The Morgan fingerprint density at radius 2 is 1.84 bits per heavy atom. The van der Waals surface area contributed by atoms with Gasteiger partial charge < -0.3 is 34.3 Å². The van der Waals surface area contributed by atoms with Gasteiger partial charge in [0.05, 0.1) is 18.3 Å². The Labute approximate surface area is 256 Å². The highest BCUT2D eigenvalue weighted by molar-refractivity contribution is 5.78. The van der Waals surface area contributed by atoms with Gasteiger partial charge in [-0.2, -0.15) is 0 Å². The van der Waals surface area contributed by atoms with Gasteiger partial charge in [0, 0.05) is 12.8 Å². The van der Waals surface area contributed by atoms with Crippen LogP contribution < -0.4 is 0 Å². The summed E-state index contributed by atoms with van der Waals surface area (Å²) >= 11 is 0. The third kappa shape index (κ3) is 5.99. The summed E-state index contributed by atoms with van der Waals surface area (Å²) in [5.41, 5.74) is 1.59. The second kappa shape index (κ2) is 12.4. The normalized spacial score (nSPS) is 49.2. The summed E-state index contributed by atoms with van der Waals surface area (Å²) in [6.07, 6.45) is 9.51. The largest absolute Gasteiger partial charge is 0.462 e. The quantitative estimate of drug-likeness (QED) is 0.290. The molecule has 3 N–H and O–H groups in total. The highest BCUT2D eigenvalue weighted by atomic mass is 16.7. The van der Waals surface area contributed by atoms with Gasteiger partial charge >= 0.3 is 5.97 Å². The van der Waals surface area contributed by atoms with Crippen LogP contribution in [-0.4, -0.2) is 75.4 Å². The van der Waals surface area contributed by atoms with Gasteiger partial charge in [0.1, 0.15) is 35.9 Å². The summed E-state index contributed by atoms with van der Waals surface area (Å²) < 4.78 is 25.6. The molecule has 8 nitrogen and oxygen atoms in total. The zero-order valence-corrected chi connectivity index (χ0v) is 26.7. The van der Waals surface area contributed by atoms with E-state index in [1.54, 1.807) is 13.0 Å². The van der Waals surface area contributed by atoms with Gasteiger partial charge in [0.15, 0.2) is 5.79 Å². The van der Waals surface area contributed by atoms with Gasteiger partial charge in [-0.15, -0.1) is 0 Å². The summed E-state index contributed by atoms with van der Waals surface area (Å²) in [7, 11) is 0. The van der Waals surface area contributed by atoms with Crippen molar-refractivity contribution < 1.29 is 39.1 Å². The van der Waals surface area contributed by atoms with Crippen LogP contribution in [0.2, 0.25) is 0 Å². The van der Waals surface area contributed by atoms with Crippen molar-refractivity contribution in [1.82, 2.24) is 0 Å². The van der Waals surface area contributed by atoms with Crippen LogP contribution in [0, 0.1) is 17.8 Å². The number of esters is 1. The van der Waals surface area contributed by atoms with Crippen LogP contribution in [0.4, 0.5) is 0 Å². The molecule has 0 radical (unpaired) electrons. The summed E-state index contributed by atoms with van der Waals surface area (Å²) in [6, 6.07) is 0. The van der Waals surface area contributed by atoms with E-state index >= 15 is 0 Å². The Kier molecular flexibility index (Phi) is 9.30.